The second-order valence-corrected chi connectivity index (χ2v) is 7.81. The zero-order chi connectivity index (χ0) is 19.2. The van der Waals surface area contributed by atoms with Gasteiger partial charge in [0.2, 0.25) is 0 Å². The van der Waals surface area contributed by atoms with Gasteiger partial charge in [-0.3, -0.25) is 0 Å². The number of hydrogen-bond acceptors (Lipinski definition) is 3. The van der Waals surface area contributed by atoms with Gasteiger partial charge in [-0.2, -0.15) is 0 Å². The Hall–Kier alpha value is -2.85. The molecule has 2 aromatic carbocycles. The van der Waals surface area contributed by atoms with Gasteiger partial charge in [-0.15, -0.1) is 0 Å². The first-order valence-electron chi connectivity index (χ1n) is 8.73. The molecule has 5 heteroatoms. The van der Waals surface area contributed by atoms with E-state index in [1.54, 1.807) is 6.07 Å². The van der Waals surface area contributed by atoms with Crippen LogP contribution in [0.5, 0.6) is 0 Å². The van der Waals surface area contributed by atoms with Crippen LogP contribution < -0.4 is 0 Å². The van der Waals surface area contributed by atoms with Crippen molar-refractivity contribution in [2.75, 3.05) is 0 Å². The molecule has 0 N–H and O–H groups in total. The van der Waals surface area contributed by atoms with Crippen molar-refractivity contribution in [1.29, 1.82) is 0 Å². The van der Waals surface area contributed by atoms with Crippen molar-refractivity contribution >= 4 is 39.5 Å². The lowest BCUT2D eigenvalue weighted by Crippen LogP contribution is -2.27. The Labute approximate surface area is 162 Å². The van der Waals surface area contributed by atoms with Gasteiger partial charge in [0, 0.05) is 10.9 Å². The molecule has 2 heterocycles. The number of pyridine rings is 1. The summed E-state index contributed by atoms with van der Waals surface area (Å²) in [6.45, 7) is 5.53. The normalized spacial score (nSPS) is 11.9. The monoisotopic (exact) mass is 378 g/mol. The Balaban J connectivity index is 2.03. The van der Waals surface area contributed by atoms with Gasteiger partial charge >= 0.3 is 6.09 Å². The van der Waals surface area contributed by atoms with E-state index >= 15 is 0 Å². The fourth-order valence-electron chi connectivity index (χ4n) is 3.19. The lowest BCUT2D eigenvalue weighted by molar-refractivity contribution is 0.0546. The number of fused-ring (bicyclic) bond motifs is 2. The molecule has 136 valence electrons. The summed E-state index contributed by atoms with van der Waals surface area (Å²) in [5.41, 5.74) is 1.53. The average Bonchev–Trinajstić information content (AvgIpc) is 2.98. The van der Waals surface area contributed by atoms with Crippen LogP contribution in [-0.4, -0.2) is 21.2 Å². The molecule has 0 amide bonds. The minimum absolute atomic E-state index is 0.329. The molecular formula is C22H19ClN2O2. The average molecular weight is 379 g/mol. The predicted molar refractivity (Wildman–Crippen MR) is 109 cm³/mol. The smallest absolute Gasteiger partial charge is 0.420 e. The van der Waals surface area contributed by atoms with E-state index < -0.39 is 11.7 Å². The van der Waals surface area contributed by atoms with Crippen LogP contribution in [0.3, 0.4) is 0 Å². The van der Waals surface area contributed by atoms with Crippen molar-refractivity contribution in [3.05, 3.63) is 65.8 Å². The van der Waals surface area contributed by atoms with Crippen LogP contribution in [0.25, 0.3) is 33.1 Å². The third-order valence-electron chi connectivity index (χ3n) is 4.26. The molecule has 0 fully saturated rings. The summed E-state index contributed by atoms with van der Waals surface area (Å²) in [6.07, 6.45) is -0.477. The molecule has 0 saturated heterocycles. The van der Waals surface area contributed by atoms with Crippen LogP contribution in [0.15, 0.2) is 60.7 Å². The Morgan fingerprint density at radius 3 is 2.52 bits per heavy atom. The van der Waals surface area contributed by atoms with Crippen LogP contribution in [0.2, 0.25) is 5.15 Å². The number of nitrogens with zero attached hydrogens (tertiary/aromatic N) is 2. The van der Waals surface area contributed by atoms with E-state index in [1.807, 2.05) is 63.2 Å². The van der Waals surface area contributed by atoms with Crippen LogP contribution in [-0.2, 0) is 4.74 Å². The molecule has 4 aromatic rings. The third kappa shape index (κ3) is 3.28. The van der Waals surface area contributed by atoms with Crippen LogP contribution >= 0.6 is 11.6 Å². The van der Waals surface area contributed by atoms with Gasteiger partial charge in [0.25, 0.3) is 0 Å². The van der Waals surface area contributed by atoms with Crippen molar-refractivity contribution in [2.45, 2.75) is 26.4 Å². The fraction of sp³-hybridized carbons (Fsp3) is 0.182. The second kappa shape index (κ2) is 6.39. The predicted octanol–water partition coefficient (Wildman–Crippen LogP) is 6.29. The van der Waals surface area contributed by atoms with Gasteiger partial charge in [0.05, 0.1) is 5.69 Å². The summed E-state index contributed by atoms with van der Waals surface area (Å²) in [6, 6.07) is 19.6. The lowest BCUT2D eigenvalue weighted by atomic mass is 10.0. The number of aromatic nitrogens is 2. The quantitative estimate of drug-likeness (QED) is 0.365. The lowest BCUT2D eigenvalue weighted by Gasteiger charge is -2.21. The molecule has 27 heavy (non-hydrogen) atoms. The fourth-order valence-corrected chi connectivity index (χ4v) is 3.34. The molecule has 0 spiro atoms. The number of carbonyl (C=O) groups excluding carboxylic acids is 1. The Kier molecular flexibility index (Phi) is 4.16. The third-order valence-corrected chi connectivity index (χ3v) is 4.47. The minimum Gasteiger partial charge on any atom is -0.443 e. The van der Waals surface area contributed by atoms with E-state index in [1.165, 1.54) is 4.57 Å². The maximum absolute atomic E-state index is 13.0. The molecule has 4 nitrogen and oxygen atoms in total. The topological polar surface area (TPSA) is 44.1 Å². The summed E-state index contributed by atoms with van der Waals surface area (Å²) < 4.78 is 7.15. The van der Waals surface area contributed by atoms with Gasteiger partial charge in [0.1, 0.15) is 10.8 Å². The number of ether oxygens (including phenoxy) is 1. The van der Waals surface area contributed by atoms with Crippen molar-refractivity contribution in [2.24, 2.45) is 0 Å². The Bertz CT molecular complexity index is 1170. The number of halogens is 1. The number of hydrogen-bond donors (Lipinski definition) is 0. The molecule has 4 rings (SSSR count). The molecular weight excluding hydrogens is 360 g/mol. The standard InChI is InChI=1S/C22H19ClN2O2/c1-22(2,3)27-21(26)25-18(13-15-11-12-19(23)24-20(15)25)17-10-6-8-14-7-4-5-9-16(14)17/h4-13H,1-3H3. The minimum atomic E-state index is -0.623. The summed E-state index contributed by atoms with van der Waals surface area (Å²) in [5, 5.41) is 3.31. The van der Waals surface area contributed by atoms with Crippen molar-refractivity contribution in [3.8, 4) is 11.3 Å². The molecule has 0 bridgehead atoms. The maximum atomic E-state index is 13.0. The van der Waals surface area contributed by atoms with Crippen molar-refractivity contribution in [1.82, 2.24) is 9.55 Å². The molecule has 0 aliphatic rings. The highest BCUT2D eigenvalue weighted by Gasteiger charge is 2.24. The summed E-state index contributed by atoms with van der Waals surface area (Å²) in [7, 11) is 0. The van der Waals surface area contributed by atoms with Gasteiger partial charge < -0.3 is 4.74 Å². The summed E-state index contributed by atoms with van der Waals surface area (Å²) in [5.74, 6) is 0. The molecule has 0 aliphatic heterocycles. The molecule has 0 atom stereocenters. The van der Waals surface area contributed by atoms with E-state index in [-0.39, 0.29) is 0 Å². The van der Waals surface area contributed by atoms with E-state index in [4.69, 9.17) is 16.3 Å². The Morgan fingerprint density at radius 2 is 1.74 bits per heavy atom. The van der Waals surface area contributed by atoms with Crippen LogP contribution in [0.1, 0.15) is 20.8 Å². The van der Waals surface area contributed by atoms with Crippen molar-refractivity contribution < 1.29 is 9.53 Å². The maximum Gasteiger partial charge on any atom is 0.420 e. The summed E-state index contributed by atoms with van der Waals surface area (Å²) in [4.78, 5) is 17.4. The first-order valence-corrected chi connectivity index (χ1v) is 9.11. The molecule has 2 aromatic heterocycles. The van der Waals surface area contributed by atoms with Crippen molar-refractivity contribution in [3.63, 3.8) is 0 Å². The molecule has 0 unspecified atom stereocenters. The number of carbonyl (C=O) groups is 1. The highest BCUT2D eigenvalue weighted by atomic mass is 35.5. The summed E-state index contributed by atoms with van der Waals surface area (Å²) >= 11 is 6.10. The van der Waals surface area contributed by atoms with E-state index in [2.05, 4.69) is 17.1 Å². The zero-order valence-electron chi connectivity index (χ0n) is 15.4. The van der Waals surface area contributed by atoms with E-state index in [9.17, 15) is 4.79 Å². The largest absolute Gasteiger partial charge is 0.443 e. The molecule has 0 radical (unpaired) electrons. The van der Waals surface area contributed by atoms with Crippen LogP contribution in [0.4, 0.5) is 4.79 Å². The van der Waals surface area contributed by atoms with Gasteiger partial charge in [-0.1, -0.05) is 54.1 Å². The van der Waals surface area contributed by atoms with Gasteiger partial charge in [-0.25, -0.2) is 14.3 Å². The van der Waals surface area contributed by atoms with Gasteiger partial charge in [-0.05, 0) is 49.7 Å². The molecule has 0 saturated carbocycles. The molecule has 0 aliphatic carbocycles. The highest BCUT2D eigenvalue weighted by Crippen LogP contribution is 2.33. The van der Waals surface area contributed by atoms with Crippen LogP contribution in [0, 0.1) is 0 Å². The zero-order valence-corrected chi connectivity index (χ0v) is 16.1. The first-order chi connectivity index (χ1) is 12.8. The number of benzene rings is 2. The highest BCUT2D eigenvalue weighted by molar-refractivity contribution is 6.29. The number of rotatable bonds is 1. The van der Waals surface area contributed by atoms with E-state index in [0.717, 1.165) is 27.4 Å². The van der Waals surface area contributed by atoms with E-state index in [0.29, 0.717) is 10.8 Å². The SMILES string of the molecule is CC(C)(C)OC(=O)n1c(-c2cccc3ccccc23)cc2ccc(Cl)nc21. The van der Waals surface area contributed by atoms with Gasteiger partial charge in [0.15, 0.2) is 5.65 Å². The second-order valence-electron chi connectivity index (χ2n) is 7.42. The first kappa shape index (κ1) is 17.6. The Morgan fingerprint density at radius 1 is 1.00 bits per heavy atom.